The third kappa shape index (κ3) is 3.43. The number of carbonyl (C=O) groups excluding carboxylic acids is 1. The number of nitrogens with zero attached hydrogens (tertiary/aromatic N) is 3. The topological polar surface area (TPSA) is 58.1 Å². The Labute approximate surface area is 146 Å². The summed E-state index contributed by atoms with van der Waals surface area (Å²) in [5.41, 5.74) is 2.47. The standard InChI is InChI=1S/C18H22N4OS/c1-12-4-6-13(7-5-12)11-16-20-18(24-21-16)22-10-2-3-15(22)17(23)19-14-8-9-14/h4-7,14-15H,2-3,8-11H2,1H3,(H,19,23). The van der Waals surface area contributed by atoms with Gasteiger partial charge in [0.25, 0.3) is 0 Å². The molecule has 2 aromatic rings. The van der Waals surface area contributed by atoms with Crippen LogP contribution in [0.5, 0.6) is 0 Å². The van der Waals surface area contributed by atoms with Crippen molar-refractivity contribution in [3.05, 3.63) is 41.2 Å². The van der Waals surface area contributed by atoms with Crippen LogP contribution in [-0.2, 0) is 11.2 Å². The zero-order valence-corrected chi connectivity index (χ0v) is 14.7. The van der Waals surface area contributed by atoms with Gasteiger partial charge in [0.05, 0.1) is 0 Å². The van der Waals surface area contributed by atoms with Gasteiger partial charge in [-0.1, -0.05) is 29.8 Å². The Balaban J connectivity index is 1.44. The molecule has 1 unspecified atom stereocenters. The van der Waals surface area contributed by atoms with Gasteiger partial charge in [-0.3, -0.25) is 4.79 Å². The van der Waals surface area contributed by atoms with E-state index in [2.05, 4.69) is 45.8 Å². The molecule has 0 bridgehead atoms. The monoisotopic (exact) mass is 342 g/mol. The molecular formula is C18H22N4OS. The minimum atomic E-state index is -0.0780. The summed E-state index contributed by atoms with van der Waals surface area (Å²) in [6.07, 6.45) is 4.93. The predicted octanol–water partition coefficient (Wildman–Crippen LogP) is 2.68. The van der Waals surface area contributed by atoms with Gasteiger partial charge in [0.15, 0.2) is 0 Å². The van der Waals surface area contributed by atoms with Gasteiger partial charge in [0.1, 0.15) is 11.9 Å². The lowest BCUT2D eigenvalue weighted by Gasteiger charge is -2.22. The van der Waals surface area contributed by atoms with E-state index in [9.17, 15) is 4.79 Å². The van der Waals surface area contributed by atoms with Crippen molar-refractivity contribution in [2.75, 3.05) is 11.4 Å². The Morgan fingerprint density at radius 2 is 2.08 bits per heavy atom. The van der Waals surface area contributed by atoms with Crippen LogP contribution in [-0.4, -0.2) is 33.9 Å². The zero-order valence-electron chi connectivity index (χ0n) is 13.9. The first-order valence-corrected chi connectivity index (χ1v) is 9.41. The van der Waals surface area contributed by atoms with E-state index in [1.807, 2.05) is 0 Å². The van der Waals surface area contributed by atoms with Crippen molar-refractivity contribution >= 4 is 22.6 Å². The van der Waals surface area contributed by atoms with Gasteiger partial charge in [-0.15, -0.1) is 0 Å². The number of carbonyl (C=O) groups is 1. The van der Waals surface area contributed by atoms with E-state index in [0.29, 0.717) is 6.04 Å². The highest BCUT2D eigenvalue weighted by molar-refractivity contribution is 7.09. The molecule has 2 aliphatic rings. The van der Waals surface area contributed by atoms with E-state index in [1.165, 1.54) is 22.7 Å². The minimum Gasteiger partial charge on any atom is -0.352 e. The molecule has 1 saturated carbocycles. The molecule has 126 valence electrons. The lowest BCUT2D eigenvalue weighted by molar-refractivity contribution is -0.122. The van der Waals surface area contributed by atoms with Crippen LogP contribution in [0.15, 0.2) is 24.3 Å². The number of hydrogen-bond acceptors (Lipinski definition) is 5. The van der Waals surface area contributed by atoms with Crippen LogP contribution in [0.1, 0.15) is 42.6 Å². The van der Waals surface area contributed by atoms with Crippen LogP contribution in [0.25, 0.3) is 0 Å². The van der Waals surface area contributed by atoms with Crippen LogP contribution in [0.4, 0.5) is 5.13 Å². The molecule has 0 radical (unpaired) electrons. The molecule has 1 atom stereocenters. The summed E-state index contributed by atoms with van der Waals surface area (Å²) in [5.74, 6) is 0.998. The fraction of sp³-hybridized carbons (Fsp3) is 0.500. The van der Waals surface area contributed by atoms with Gasteiger partial charge >= 0.3 is 0 Å². The third-order valence-corrected chi connectivity index (χ3v) is 5.46. The van der Waals surface area contributed by atoms with E-state index in [4.69, 9.17) is 4.98 Å². The van der Waals surface area contributed by atoms with Crippen LogP contribution in [0.3, 0.4) is 0 Å². The van der Waals surface area contributed by atoms with Gasteiger partial charge in [-0.25, -0.2) is 4.98 Å². The van der Waals surface area contributed by atoms with E-state index in [1.54, 1.807) is 0 Å². The van der Waals surface area contributed by atoms with Crippen molar-refractivity contribution in [3.63, 3.8) is 0 Å². The Morgan fingerprint density at radius 3 is 2.83 bits per heavy atom. The largest absolute Gasteiger partial charge is 0.352 e. The smallest absolute Gasteiger partial charge is 0.243 e. The van der Waals surface area contributed by atoms with Crippen molar-refractivity contribution in [2.45, 2.75) is 51.1 Å². The number of anilines is 1. The molecular weight excluding hydrogens is 320 g/mol. The van der Waals surface area contributed by atoms with E-state index >= 15 is 0 Å². The number of aromatic nitrogens is 2. The van der Waals surface area contributed by atoms with Crippen molar-refractivity contribution in [1.82, 2.24) is 14.7 Å². The molecule has 1 aliphatic carbocycles. The summed E-state index contributed by atoms with van der Waals surface area (Å²) in [7, 11) is 0. The van der Waals surface area contributed by atoms with Crippen molar-refractivity contribution in [2.24, 2.45) is 0 Å². The van der Waals surface area contributed by atoms with Gasteiger partial charge in [0.2, 0.25) is 11.0 Å². The highest BCUT2D eigenvalue weighted by Gasteiger charge is 2.35. The predicted molar refractivity (Wildman–Crippen MR) is 95.4 cm³/mol. The van der Waals surface area contributed by atoms with Crippen LogP contribution in [0.2, 0.25) is 0 Å². The fourth-order valence-electron chi connectivity index (χ4n) is 3.11. The molecule has 5 nitrogen and oxygen atoms in total. The number of nitrogens with one attached hydrogen (secondary N) is 1. The summed E-state index contributed by atoms with van der Waals surface area (Å²) in [6, 6.07) is 8.80. The lowest BCUT2D eigenvalue weighted by Crippen LogP contribution is -2.44. The van der Waals surface area contributed by atoms with E-state index in [-0.39, 0.29) is 11.9 Å². The number of hydrogen-bond donors (Lipinski definition) is 1. The van der Waals surface area contributed by atoms with Crippen LogP contribution >= 0.6 is 11.5 Å². The first-order chi connectivity index (χ1) is 11.7. The first kappa shape index (κ1) is 15.6. The normalized spacial score (nSPS) is 20.4. The van der Waals surface area contributed by atoms with E-state index < -0.39 is 0 Å². The van der Waals surface area contributed by atoms with Crippen molar-refractivity contribution in [1.29, 1.82) is 0 Å². The maximum Gasteiger partial charge on any atom is 0.243 e. The SMILES string of the molecule is Cc1ccc(Cc2nsc(N3CCCC3C(=O)NC3CC3)n2)cc1. The van der Waals surface area contributed by atoms with Gasteiger partial charge in [0, 0.05) is 30.5 Å². The van der Waals surface area contributed by atoms with Crippen LogP contribution in [0, 0.1) is 6.92 Å². The second-order valence-electron chi connectivity index (χ2n) is 6.79. The summed E-state index contributed by atoms with van der Waals surface area (Å²) in [6.45, 7) is 2.98. The number of rotatable bonds is 5. The first-order valence-electron chi connectivity index (χ1n) is 8.64. The van der Waals surface area contributed by atoms with Crippen LogP contribution < -0.4 is 10.2 Å². The second kappa shape index (κ2) is 6.51. The minimum absolute atomic E-state index is 0.0780. The summed E-state index contributed by atoms with van der Waals surface area (Å²) in [5, 5.41) is 4.00. The molecule has 6 heteroatoms. The number of amides is 1. The van der Waals surface area contributed by atoms with Gasteiger partial charge < -0.3 is 10.2 Å². The lowest BCUT2D eigenvalue weighted by atomic mass is 10.1. The summed E-state index contributed by atoms with van der Waals surface area (Å²) >= 11 is 1.41. The average Bonchev–Trinajstić information content (AvgIpc) is 3.08. The maximum absolute atomic E-state index is 12.4. The van der Waals surface area contributed by atoms with Crippen molar-refractivity contribution < 1.29 is 4.79 Å². The molecule has 2 fully saturated rings. The molecule has 0 spiro atoms. The molecule has 4 rings (SSSR count). The summed E-state index contributed by atoms with van der Waals surface area (Å²) in [4.78, 5) is 19.2. The quantitative estimate of drug-likeness (QED) is 0.908. The molecule has 1 aromatic carbocycles. The number of aryl methyl sites for hydroxylation is 1. The second-order valence-corrected chi connectivity index (χ2v) is 7.52. The highest BCUT2D eigenvalue weighted by Crippen LogP contribution is 2.29. The van der Waals surface area contributed by atoms with Gasteiger partial charge in [-0.05, 0) is 38.2 Å². The molecule has 1 amide bonds. The Bertz CT molecular complexity index is 723. The summed E-state index contributed by atoms with van der Waals surface area (Å²) < 4.78 is 4.50. The molecule has 2 heterocycles. The molecule has 1 aliphatic heterocycles. The maximum atomic E-state index is 12.4. The third-order valence-electron chi connectivity index (χ3n) is 4.67. The fourth-order valence-corrected chi connectivity index (χ4v) is 3.88. The van der Waals surface area contributed by atoms with Crippen molar-refractivity contribution in [3.8, 4) is 0 Å². The average molecular weight is 342 g/mol. The molecule has 1 aromatic heterocycles. The zero-order chi connectivity index (χ0) is 16.5. The molecule has 24 heavy (non-hydrogen) atoms. The number of benzene rings is 1. The Morgan fingerprint density at radius 1 is 1.29 bits per heavy atom. The van der Waals surface area contributed by atoms with Gasteiger partial charge in [-0.2, -0.15) is 4.37 Å². The van der Waals surface area contributed by atoms with E-state index in [0.717, 1.165) is 49.6 Å². The highest BCUT2D eigenvalue weighted by atomic mass is 32.1. The Kier molecular flexibility index (Phi) is 4.22. The Hall–Kier alpha value is -1.95. The molecule has 1 saturated heterocycles. The molecule has 1 N–H and O–H groups in total.